The van der Waals surface area contributed by atoms with Crippen molar-refractivity contribution in [1.29, 1.82) is 0 Å². The zero-order valence-corrected chi connectivity index (χ0v) is 11.2. The first-order chi connectivity index (χ1) is 8.24. The molecule has 1 aromatic rings. The molecule has 0 heterocycles. The van der Waals surface area contributed by atoms with Crippen LogP contribution in [0.2, 0.25) is 0 Å². The molecule has 0 saturated carbocycles. The summed E-state index contributed by atoms with van der Waals surface area (Å²) in [6.07, 6.45) is 0. The Morgan fingerprint density at radius 3 is 2.71 bits per heavy atom. The van der Waals surface area contributed by atoms with Gasteiger partial charge in [-0.25, -0.2) is 0 Å². The van der Waals surface area contributed by atoms with Gasteiger partial charge >= 0.3 is 0 Å². The zero-order chi connectivity index (χ0) is 12.5. The first-order valence-electron chi connectivity index (χ1n) is 5.91. The average molecular weight is 252 g/mol. The maximum atomic E-state index is 5.22. The maximum absolute atomic E-state index is 5.22. The van der Waals surface area contributed by atoms with E-state index in [1.807, 2.05) is 25.1 Å². The molecule has 1 rings (SSSR count). The molecule has 2 N–H and O–H groups in total. The van der Waals surface area contributed by atoms with Crippen LogP contribution in [0.1, 0.15) is 25.5 Å². The van der Waals surface area contributed by atoms with Crippen LogP contribution in [0.25, 0.3) is 0 Å². The lowest BCUT2D eigenvalue weighted by atomic mass is 10.1. The van der Waals surface area contributed by atoms with Crippen LogP contribution < -0.4 is 10.6 Å². The Hall–Kier alpha value is -1.13. The molecule has 1 atom stereocenters. The van der Waals surface area contributed by atoms with Gasteiger partial charge < -0.3 is 15.4 Å². The van der Waals surface area contributed by atoms with Crippen molar-refractivity contribution in [2.24, 2.45) is 0 Å². The molecule has 0 bridgehead atoms. The Morgan fingerprint density at radius 1 is 1.35 bits per heavy atom. The van der Waals surface area contributed by atoms with Crippen molar-refractivity contribution in [2.75, 3.05) is 19.8 Å². The van der Waals surface area contributed by atoms with E-state index in [0.717, 1.165) is 13.2 Å². The van der Waals surface area contributed by atoms with Gasteiger partial charge in [-0.3, -0.25) is 0 Å². The molecule has 0 aromatic heterocycles. The highest BCUT2D eigenvalue weighted by atomic mass is 32.1. The molecule has 0 spiro atoms. The summed E-state index contributed by atoms with van der Waals surface area (Å²) in [5, 5.41) is 7.02. The summed E-state index contributed by atoms with van der Waals surface area (Å²) in [7, 11) is 0. The lowest BCUT2D eigenvalue weighted by molar-refractivity contribution is 0.152. The second-order valence-corrected chi connectivity index (χ2v) is 4.14. The fourth-order valence-electron chi connectivity index (χ4n) is 1.45. The highest BCUT2D eigenvalue weighted by Crippen LogP contribution is 2.10. The number of rotatable bonds is 6. The summed E-state index contributed by atoms with van der Waals surface area (Å²) >= 11 is 5.20. The third kappa shape index (κ3) is 5.65. The Morgan fingerprint density at radius 2 is 2.06 bits per heavy atom. The molecule has 0 aliphatic rings. The minimum Gasteiger partial charge on any atom is -0.380 e. The van der Waals surface area contributed by atoms with Gasteiger partial charge in [0.25, 0.3) is 0 Å². The third-order valence-electron chi connectivity index (χ3n) is 2.38. The van der Waals surface area contributed by atoms with Crippen molar-refractivity contribution in [3.05, 3.63) is 35.9 Å². The minimum absolute atomic E-state index is 0.211. The summed E-state index contributed by atoms with van der Waals surface area (Å²) in [6, 6.07) is 10.4. The molecule has 4 heteroatoms. The van der Waals surface area contributed by atoms with Gasteiger partial charge in [0.05, 0.1) is 12.6 Å². The van der Waals surface area contributed by atoms with Crippen LogP contribution in [0.3, 0.4) is 0 Å². The Bertz CT molecular complexity index is 329. The second-order valence-electron chi connectivity index (χ2n) is 3.73. The van der Waals surface area contributed by atoms with Crippen molar-refractivity contribution in [1.82, 2.24) is 10.6 Å². The van der Waals surface area contributed by atoms with E-state index in [-0.39, 0.29) is 6.04 Å². The Kier molecular flexibility index (Phi) is 6.58. The van der Waals surface area contributed by atoms with E-state index in [4.69, 9.17) is 17.0 Å². The fourth-order valence-corrected chi connectivity index (χ4v) is 1.73. The van der Waals surface area contributed by atoms with Gasteiger partial charge in [-0.1, -0.05) is 30.3 Å². The number of hydrogen-bond donors (Lipinski definition) is 2. The molecular weight excluding hydrogens is 232 g/mol. The van der Waals surface area contributed by atoms with Crippen LogP contribution >= 0.6 is 12.2 Å². The number of thiocarbonyl (C=S) groups is 1. The highest BCUT2D eigenvalue weighted by molar-refractivity contribution is 7.80. The molecule has 3 nitrogen and oxygen atoms in total. The second kappa shape index (κ2) is 8.03. The van der Waals surface area contributed by atoms with Crippen LogP contribution in [0.5, 0.6) is 0 Å². The molecule has 0 saturated heterocycles. The topological polar surface area (TPSA) is 33.3 Å². The largest absolute Gasteiger partial charge is 0.380 e. The van der Waals surface area contributed by atoms with Gasteiger partial charge in [0.15, 0.2) is 5.11 Å². The lowest BCUT2D eigenvalue weighted by Crippen LogP contribution is -2.38. The third-order valence-corrected chi connectivity index (χ3v) is 2.65. The van der Waals surface area contributed by atoms with Crippen LogP contribution in [-0.4, -0.2) is 24.9 Å². The predicted octanol–water partition coefficient (Wildman–Crippen LogP) is 2.25. The van der Waals surface area contributed by atoms with Crippen LogP contribution in [-0.2, 0) is 4.74 Å². The molecule has 0 aliphatic heterocycles. The standard InChI is InChI=1S/C13H20N2OS/c1-3-16-10-9-14-13(17)15-11(2)12-7-5-4-6-8-12/h4-8,11H,3,9-10H2,1-2H3,(H2,14,15,17). The monoisotopic (exact) mass is 252 g/mol. The minimum atomic E-state index is 0.211. The zero-order valence-electron chi connectivity index (χ0n) is 10.4. The maximum Gasteiger partial charge on any atom is 0.166 e. The van der Waals surface area contributed by atoms with E-state index in [9.17, 15) is 0 Å². The summed E-state index contributed by atoms with van der Waals surface area (Å²) in [4.78, 5) is 0. The Balaban J connectivity index is 2.26. The number of hydrogen-bond acceptors (Lipinski definition) is 2. The molecule has 17 heavy (non-hydrogen) atoms. The van der Waals surface area contributed by atoms with Crippen molar-refractivity contribution in [3.63, 3.8) is 0 Å². The van der Waals surface area contributed by atoms with E-state index in [2.05, 4.69) is 29.7 Å². The Labute approximate surface area is 109 Å². The summed E-state index contributed by atoms with van der Waals surface area (Å²) in [5.41, 5.74) is 1.22. The average Bonchev–Trinajstić information content (AvgIpc) is 2.36. The van der Waals surface area contributed by atoms with Gasteiger partial charge in [0, 0.05) is 13.2 Å². The van der Waals surface area contributed by atoms with Crippen molar-refractivity contribution < 1.29 is 4.74 Å². The van der Waals surface area contributed by atoms with E-state index in [0.29, 0.717) is 11.7 Å². The van der Waals surface area contributed by atoms with Crippen molar-refractivity contribution in [2.45, 2.75) is 19.9 Å². The quantitative estimate of drug-likeness (QED) is 0.601. The van der Waals surface area contributed by atoms with Gasteiger partial charge in [-0.05, 0) is 31.6 Å². The summed E-state index contributed by atoms with van der Waals surface area (Å²) in [6.45, 7) is 6.22. The SMILES string of the molecule is CCOCCNC(=S)NC(C)c1ccccc1. The number of benzene rings is 1. The number of ether oxygens (including phenoxy) is 1. The molecule has 0 aliphatic carbocycles. The normalized spacial score (nSPS) is 11.9. The van der Waals surface area contributed by atoms with E-state index in [1.54, 1.807) is 0 Å². The van der Waals surface area contributed by atoms with Crippen molar-refractivity contribution in [3.8, 4) is 0 Å². The smallest absolute Gasteiger partial charge is 0.166 e. The highest BCUT2D eigenvalue weighted by Gasteiger charge is 2.05. The van der Waals surface area contributed by atoms with Gasteiger partial charge in [-0.15, -0.1) is 0 Å². The van der Waals surface area contributed by atoms with Crippen LogP contribution in [0.4, 0.5) is 0 Å². The predicted molar refractivity (Wildman–Crippen MR) is 75.1 cm³/mol. The first kappa shape index (κ1) is 13.9. The lowest BCUT2D eigenvalue weighted by Gasteiger charge is -2.17. The van der Waals surface area contributed by atoms with E-state index in [1.165, 1.54) is 5.56 Å². The van der Waals surface area contributed by atoms with Gasteiger partial charge in [0.1, 0.15) is 0 Å². The molecular formula is C13H20N2OS. The molecule has 0 fully saturated rings. The molecule has 1 unspecified atom stereocenters. The first-order valence-corrected chi connectivity index (χ1v) is 6.32. The number of nitrogens with one attached hydrogen (secondary N) is 2. The van der Waals surface area contributed by atoms with Gasteiger partial charge in [-0.2, -0.15) is 0 Å². The fraction of sp³-hybridized carbons (Fsp3) is 0.462. The molecule has 0 radical (unpaired) electrons. The molecule has 94 valence electrons. The summed E-state index contributed by atoms with van der Waals surface area (Å²) in [5.74, 6) is 0. The molecule has 1 aromatic carbocycles. The van der Waals surface area contributed by atoms with Gasteiger partial charge in [0.2, 0.25) is 0 Å². The van der Waals surface area contributed by atoms with Crippen LogP contribution in [0.15, 0.2) is 30.3 Å². The molecule has 0 amide bonds. The summed E-state index contributed by atoms with van der Waals surface area (Å²) < 4.78 is 5.22. The van der Waals surface area contributed by atoms with E-state index < -0.39 is 0 Å². The van der Waals surface area contributed by atoms with E-state index >= 15 is 0 Å². The van der Waals surface area contributed by atoms with Crippen LogP contribution in [0, 0.1) is 0 Å². The van der Waals surface area contributed by atoms with Crippen molar-refractivity contribution >= 4 is 17.3 Å².